The van der Waals surface area contributed by atoms with Gasteiger partial charge in [-0.25, -0.2) is 0 Å². The van der Waals surface area contributed by atoms with Crippen molar-refractivity contribution in [1.29, 1.82) is 0 Å². The van der Waals surface area contributed by atoms with Crippen molar-refractivity contribution in [1.82, 2.24) is 0 Å². The average molecular weight is 136 g/mol. The van der Waals surface area contributed by atoms with Gasteiger partial charge in [-0.2, -0.15) is 0 Å². The summed E-state index contributed by atoms with van der Waals surface area (Å²) in [4.78, 5) is 0. The number of rotatable bonds is 0. The molecule has 0 fully saturated rings. The van der Waals surface area contributed by atoms with Crippen LogP contribution in [0.4, 0.5) is 0 Å². The van der Waals surface area contributed by atoms with Crippen LogP contribution < -0.4 is 0 Å². The third-order valence-electron chi connectivity index (χ3n) is 1.07. The van der Waals surface area contributed by atoms with Gasteiger partial charge in [0, 0.05) is 0 Å². The van der Waals surface area contributed by atoms with Gasteiger partial charge in [-0.05, 0) is 6.08 Å². The van der Waals surface area contributed by atoms with Crippen molar-refractivity contribution in [2.45, 2.75) is 0 Å². The van der Waals surface area contributed by atoms with E-state index in [1.54, 1.807) is 6.08 Å². The predicted molar refractivity (Wildman–Crippen MR) is 41.6 cm³/mol. The number of hydrogen-bond acceptors (Lipinski definition) is 2. The molecular weight excluding hydrogens is 127 g/mol. The van der Waals surface area contributed by atoms with Gasteiger partial charge in [0.15, 0.2) is 0 Å². The van der Waals surface area contributed by atoms with E-state index < -0.39 is 0 Å². The maximum atomic E-state index is 5.02. The fourth-order valence-corrected chi connectivity index (χ4v) is 0.579. The lowest BCUT2D eigenvalue weighted by Crippen LogP contribution is -2.02. The van der Waals surface area contributed by atoms with Crippen LogP contribution in [0.25, 0.3) is 0 Å². The van der Waals surface area contributed by atoms with Crippen LogP contribution in [0, 0.1) is 0 Å². The SMILES string of the molecule is C=C1/C=C\C=C/COBO1. The highest BCUT2D eigenvalue weighted by atomic mass is 16.6. The highest BCUT2D eigenvalue weighted by molar-refractivity contribution is 6.18. The van der Waals surface area contributed by atoms with Gasteiger partial charge in [0.25, 0.3) is 0 Å². The first-order chi connectivity index (χ1) is 4.89. The van der Waals surface area contributed by atoms with E-state index >= 15 is 0 Å². The second kappa shape index (κ2) is 3.96. The summed E-state index contributed by atoms with van der Waals surface area (Å²) >= 11 is 0. The maximum absolute atomic E-state index is 5.02. The predicted octanol–water partition coefficient (Wildman–Crippen LogP) is 0.926. The van der Waals surface area contributed by atoms with Crippen LogP contribution in [0.5, 0.6) is 0 Å². The summed E-state index contributed by atoms with van der Waals surface area (Å²) < 4.78 is 10.0. The zero-order valence-corrected chi connectivity index (χ0v) is 5.75. The lowest BCUT2D eigenvalue weighted by atomic mass is 10.3. The monoisotopic (exact) mass is 136 g/mol. The quantitative estimate of drug-likeness (QED) is 0.461. The minimum absolute atomic E-state index is 0.285. The van der Waals surface area contributed by atoms with Gasteiger partial charge in [-0.15, -0.1) is 0 Å². The molecule has 3 heteroatoms. The van der Waals surface area contributed by atoms with Gasteiger partial charge >= 0.3 is 7.69 Å². The van der Waals surface area contributed by atoms with Crippen LogP contribution in [0.3, 0.4) is 0 Å². The zero-order chi connectivity index (χ0) is 7.23. The van der Waals surface area contributed by atoms with Crippen molar-refractivity contribution in [3.63, 3.8) is 0 Å². The van der Waals surface area contributed by atoms with Crippen LogP contribution >= 0.6 is 0 Å². The third kappa shape index (κ3) is 2.55. The molecule has 0 spiro atoms. The van der Waals surface area contributed by atoms with E-state index in [1.807, 2.05) is 18.2 Å². The van der Waals surface area contributed by atoms with E-state index in [4.69, 9.17) is 9.31 Å². The van der Waals surface area contributed by atoms with Crippen LogP contribution in [-0.4, -0.2) is 14.3 Å². The Morgan fingerprint density at radius 1 is 1.50 bits per heavy atom. The molecule has 10 heavy (non-hydrogen) atoms. The molecule has 0 amide bonds. The molecule has 0 aliphatic carbocycles. The van der Waals surface area contributed by atoms with Crippen molar-refractivity contribution in [3.05, 3.63) is 36.6 Å². The van der Waals surface area contributed by atoms with E-state index in [0.717, 1.165) is 0 Å². The lowest BCUT2D eigenvalue weighted by molar-refractivity contribution is 0.296. The molecule has 0 bridgehead atoms. The molecule has 2 nitrogen and oxygen atoms in total. The smallest absolute Gasteiger partial charge is 0.507 e. The first kappa shape index (κ1) is 7.16. The Bertz CT molecular complexity index is 172. The molecule has 0 saturated carbocycles. The lowest BCUT2D eigenvalue weighted by Gasteiger charge is -2.01. The molecule has 0 atom stereocenters. The molecule has 1 aliphatic rings. The summed E-state index contributed by atoms with van der Waals surface area (Å²) in [5.74, 6) is 0.631. The minimum Gasteiger partial charge on any atom is -0.539 e. The Hall–Kier alpha value is -0.955. The molecule has 1 rings (SSSR count). The Morgan fingerprint density at radius 3 is 3.30 bits per heavy atom. The molecule has 0 aromatic rings. The topological polar surface area (TPSA) is 18.5 Å². The molecule has 0 unspecified atom stereocenters. The van der Waals surface area contributed by atoms with E-state index in [0.29, 0.717) is 12.4 Å². The average Bonchev–Trinajstić information content (AvgIpc) is 2.02. The first-order valence-electron chi connectivity index (χ1n) is 3.12. The van der Waals surface area contributed by atoms with Crippen molar-refractivity contribution in [2.24, 2.45) is 0 Å². The standard InChI is InChI=1S/C7H9BO2/c1-7-5-3-2-4-6-9-8-10-7/h2-5,8H,1,6H2/b4-2-,5-3-. The minimum atomic E-state index is 0.285. The molecule has 1 aliphatic heterocycles. The van der Waals surface area contributed by atoms with Gasteiger partial charge < -0.3 is 9.31 Å². The van der Waals surface area contributed by atoms with Gasteiger partial charge in [0.1, 0.15) is 0 Å². The van der Waals surface area contributed by atoms with Crippen molar-refractivity contribution < 1.29 is 9.31 Å². The molecule has 0 aromatic carbocycles. The molecular formula is C7H9BO2. The summed E-state index contributed by atoms with van der Waals surface area (Å²) in [7, 11) is 0.285. The van der Waals surface area contributed by atoms with Gasteiger partial charge in [0.05, 0.1) is 12.4 Å². The second-order valence-electron chi connectivity index (χ2n) is 1.89. The van der Waals surface area contributed by atoms with Crippen LogP contribution in [0.2, 0.25) is 0 Å². The summed E-state index contributed by atoms with van der Waals surface area (Å²) in [5.41, 5.74) is 0. The molecule has 0 radical (unpaired) electrons. The molecule has 0 aromatic heterocycles. The zero-order valence-electron chi connectivity index (χ0n) is 5.75. The van der Waals surface area contributed by atoms with E-state index in [2.05, 4.69) is 6.58 Å². The fraction of sp³-hybridized carbons (Fsp3) is 0.143. The van der Waals surface area contributed by atoms with E-state index in [1.165, 1.54) is 0 Å². The van der Waals surface area contributed by atoms with Gasteiger partial charge in [0.2, 0.25) is 0 Å². The Morgan fingerprint density at radius 2 is 2.40 bits per heavy atom. The molecule has 0 N–H and O–H groups in total. The Balaban J connectivity index is 2.48. The normalized spacial score (nSPS) is 24.6. The fourth-order valence-electron chi connectivity index (χ4n) is 0.579. The highest BCUT2D eigenvalue weighted by Crippen LogP contribution is 1.96. The molecule has 0 saturated heterocycles. The summed E-state index contributed by atoms with van der Waals surface area (Å²) in [6, 6.07) is 0. The third-order valence-corrected chi connectivity index (χ3v) is 1.07. The Labute approximate surface area is 61.1 Å². The van der Waals surface area contributed by atoms with Crippen LogP contribution in [-0.2, 0) is 9.31 Å². The largest absolute Gasteiger partial charge is 0.539 e. The van der Waals surface area contributed by atoms with Gasteiger partial charge in [-0.3, -0.25) is 0 Å². The maximum Gasteiger partial charge on any atom is 0.507 e. The van der Waals surface area contributed by atoms with Crippen molar-refractivity contribution in [2.75, 3.05) is 6.61 Å². The summed E-state index contributed by atoms with van der Waals surface area (Å²) in [6.07, 6.45) is 7.49. The van der Waals surface area contributed by atoms with E-state index in [9.17, 15) is 0 Å². The first-order valence-corrected chi connectivity index (χ1v) is 3.12. The van der Waals surface area contributed by atoms with Crippen LogP contribution in [0.1, 0.15) is 0 Å². The van der Waals surface area contributed by atoms with Crippen LogP contribution in [0.15, 0.2) is 36.6 Å². The summed E-state index contributed by atoms with van der Waals surface area (Å²) in [5, 5.41) is 0. The van der Waals surface area contributed by atoms with Crippen molar-refractivity contribution >= 4 is 7.69 Å². The number of allylic oxidation sites excluding steroid dienone is 3. The summed E-state index contributed by atoms with van der Waals surface area (Å²) in [6.45, 7) is 4.23. The molecule has 1 heterocycles. The second-order valence-corrected chi connectivity index (χ2v) is 1.89. The van der Waals surface area contributed by atoms with Crippen molar-refractivity contribution in [3.8, 4) is 0 Å². The number of hydrogen-bond donors (Lipinski definition) is 0. The Kier molecular flexibility index (Phi) is 2.83. The van der Waals surface area contributed by atoms with E-state index in [-0.39, 0.29) is 7.69 Å². The van der Waals surface area contributed by atoms with Gasteiger partial charge in [-0.1, -0.05) is 24.8 Å². The highest BCUT2D eigenvalue weighted by Gasteiger charge is 1.93. The molecule has 52 valence electrons.